The van der Waals surface area contributed by atoms with Gasteiger partial charge < -0.3 is 4.74 Å². The number of benzene rings is 2. The lowest BCUT2D eigenvalue weighted by molar-refractivity contribution is 0.0606. The Morgan fingerprint density at radius 3 is 2.21 bits per heavy atom. The second-order valence-electron chi connectivity index (χ2n) is 5.78. The lowest BCUT2D eigenvalue weighted by atomic mass is 10.0. The molecule has 0 aliphatic rings. The van der Waals surface area contributed by atoms with Crippen molar-refractivity contribution in [2.75, 3.05) is 7.11 Å². The molecule has 0 amide bonds. The highest BCUT2D eigenvalue weighted by molar-refractivity contribution is 7.17. The van der Waals surface area contributed by atoms with Crippen molar-refractivity contribution in [1.29, 1.82) is 0 Å². The topological polar surface area (TPSA) is 26.3 Å². The summed E-state index contributed by atoms with van der Waals surface area (Å²) in [7, 11) is 1.15. The van der Waals surface area contributed by atoms with E-state index in [0.29, 0.717) is 11.3 Å². The standard InChI is InChI=1S/C21H14F4O2S/c1-27-21(26)15-11-10-14(28-15)16-19(24)17(22)13(18(23)20(16)25)9-5-8-12-6-3-2-4-7-12/h2-8,10-11H,9H2,1H3/b8-5+. The predicted molar refractivity (Wildman–Crippen MR) is 100 cm³/mol. The minimum Gasteiger partial charge on any atom is -0.465 e. The smallest absolute Gasteiger partial charge is 0.348 e. The molecule has 0 unspecified atom stereocenters. The van der Waals surface area contributed by atoms with Crippen molar-refractivity contribution in [3.05, 3.63) is 87.8 Å². The Bertz CT molecular complexity index is 1010. The van der Waals surface area contributed by atoms with E-state index in [9.17, 15) is 22.4 Å². The Kier molecular flexibility index (Phi) is 5.94. The van der Waals surface area contributed by atoms with Crippen LogP contribution in [0.15, 0.2) is 48.5 Å². The third-order valence-electron chi connectivity index (χ3n) is 4.03. The van der Waals surface area contributed by atoms with Gasteiger partial charge in [0.1, 0.15) is 4.88 Å². The molecule has 3 aromatic rings. The number of allylic oxidation sites excluding steroid dienone is 1. The van der Waals surface area contributed by atoms with E-state index >= 15 is 0 Å². The average molecular weight is 406 g/mol. The monoisotopic (exact) mass is 406 g/mol. The van der Waals surface area contributed by atoms with Gasteiger partial charge in [0, 0.05) is 10.4 Å². The van der Waals surface area contributed by atoms with Crippen LogP contribution in [0.4, 0.5) is 17.6 Å². The normalized spacial score (nSPS) is 11.2. The summed E-state index contributed by atoms with van der Waals surface area (Å²) in [5.41, 5.74) is -0.753. The summed E-state index contributed by atoms with van der Waals surface area (Å²) in [6.07, 6.45) is 2.71. The molecule has 0 radical (unpaired) electrons. The van der Waals surface area contributed by atoms with E-state index in [1.165, 1.54) is 18.2 Å². The van der Waals surface area contributed by atoms with Gasteiger partial charge in [-0.2, -0.15) is 0 Å². The van der Waals surface area contributed by atoms with Crippen LogP contribution in [0.1, 0.15) is 20.8 Å². The summed E-state index contributed by atoms with van der Waals surface area (Å²) in [6, 6.07) is 11.4. The first kappa shape index (κ1) is 19.8. The largest absolute Gasteiger partial charge is 0.465 e. The third kappa shape index (κ3) is 3.84. The maximum absolute atomic E-state index is 14.5. The molecular formula is C21H14F4O2S. The van der Waals surface area contributed by atoms with Gasteiger partial charge in [-0.3, -0.25) is 0 Å². The van der Waals surface area contributed by atoms with Gasteiger partial charge in [-0.15, -0.1) is 11.3 Å². The molecule has 144 valence electrons. The van der Waals surface area contributed by atoms with Crippen molar-refractivity contribution in [2.24, 2.45) is 0 Å². The molecule has 2 aromatic carbocycles. The van der Waals surface area contributed by atoms with E-state index in [0.717, 1.165) is 12.7 Å². The number of methoxy groups -OCH3 is 1. The van der Waals surface area contributed by atoms with Gasteiger partial charge in [0.2, 0.25) is 0 Å². The molecular weight excluding hydrogens is 392 g/mol. The fourth-order valence-electron chi connectivity index (χ4n) is 2.63. The van der Waals surface area contributed by atoms with Gasteiger partial charge in [0.25, 0.3) is 0 Å². The number of ether oxygens (including phenoxy) is 1. The summed E-state index contributed by atoms with van der Waals surface area (Å²) >= 11 is 0.684. The maximum atomic E-state index is 14.5. The van der Waals surface area contributed by atoms with Crippen LogP contribution >= 0.6 is 11.3 Å². The number of esters is 1. The van der Waals surface area contributed by atoms with Crippen LogP contribution in [0.3, 0.4) is 0 Å². The molecule has 0 spiro atoms. The summed E-state index contributed by atoms with van der Waals surface area (Å²) < 4.78 is 62.4. The Hall–Kier alpha value is -2.93. The number of hydrogen-bond acceptors (Lipinski definition) is 3. The second kappa shape index (κ2) is 8.39. The van der Waals surface area contributed by atoms with Crippen LogP contribution in [0.2, 0.25) is 0 Å². The van der Waals surface area contributed by atoms with Crippen molar-refractivity contribution in [3.8, 4) is 10.4 Å². The predicted octanol–water partition coefficient (Wildman–Crippen LogP) is 6.01. The van der Waals surface area contributed by atoms with Crippen LogP contribution in [-0.4, -0.2) is 13.1 Å². The minimum absolute atomic E-state index is 0.0620. The zero-order valence-electron chi connectivity index (χ0n) is 14.6. The first-order valence-corrected chi connectivity index (χ1v) is 9.00. The quantitative estimate of drug-likeness (QED) is 0.295. The number of hydrogen-bond donors (Lipinski definition) is 0. The molecule has 2 nitrogen and oxygen atoms in total. The van der Waals surface area contributed by atoms with Crippen LogP contribution in [0, 0.1) is 23.3 Å². The molecule has 1 aromatic heterocycles. The molecule has 0 aliphatic carbocycles. The van der Waals surface area contributed by atoms with Crippen LogP contribution in [0.25, 0.3) is 16.5 Å². The van der Waals surface area contributed by atoms with Crippen molar-refractivity contribution in [3.63, 3.8) is 0 Å². The molecule has 1 heterocycles. The average Bonchev–Trinajstić information content (AvgIpc) is 3.19. The number of thiophene rings is 1. The summed E-state index contributed by atoms with van der Waals surface area (Å²) in [6.45, 7) is 0. The van der Waals surface area contributed by atoms with Gasteiger partial charge in [-0.25, -0.2) is 22.4 Å². The van der Waals surface area contributed by atoms with Gasteiger partial charge in [-0.05, 0) is 24.1 Å². The first-order chi connectivity index (χ1) is 13.4. The molecule has 3 rings (SSSR count). The highest BCUT2D eigenvalue weighted by atomic mass is 32.1. The molecule has 28 heavy (non-hydrogen) atoms. The molecule has 0 bridgehead atoms. The Morgan fingerprint density at radius 2 is 1.61 bits per heavy atom. The van der Waals surface area contributed by atoms with E-state index in [-0.39, 0.29) is 16.2 Å². The maximum Gasteiger partial charge on any atom is 0.348 e. The van der Waals surface area contributed by atoms with E-state index in [4.69, 9.17) is 0 Å². The molecule has 0 fully saturated rings. The molecule has 0 N–H and O–H groups in total. The molecule has 0 atom stereocenters. The van der Waals surface area contributed by atoms with E-state index in [2.05, 4.69) is 4.74 Å². The van der Waals surface area contributed by atoms with Crippen molar-refractivity contribution in [1.82, 2.24) is 0 Å². The van der Waals surface area contributed by atoms with Gasteiger partial charge in [0.05, 0.1) is 12.7 Å². The molecule has 0 saturated heterocycles. The minimum atomic E-state index is -1.50. The van der Waals surface area contributed by atoms with Crippen molar-refractivity contribution < 1.29 is 27.1 Å². The Balaban J connectivity index is 1.96. The third-order valence-corrected chi connectivity index (χ3v) is 5.11. The SMILES string of the molecule is COC(=O)c1ccc(-c2c(F)c(F)c(C/C=C/c3ccccc3)c(F)c2F)s1. The molecule has 0 aliphatic heterocycles. The zero-order valence-corrected chi connectivity index (χ0v) is 15.5. The van der Waals surface area contributed by atoms with E-state index < -0.39 is 40.4 Å². The second-order valence-corrected chi connectivity index (χ2v) is 6.87. The number of carbonyl (C=O) groups excluding carboxylic acids is 1. The van der Waals surface area contributed by atoms with Crippen LogP contribution in [0.5, 0.6) is 0 Å². The summed E-state index contributed by atoms with van der Waals surface area (Å²) in [5, 5.41) is 0. The van der Waals surface area contributed by atoms with Crippen LogP contribution < -0.4 is 0 Å². The lowest BCUT2D eigenvalue weighted by Gasteiger charge is -2.10. The van der Waals surface area contributed by atoms with Crippen molar-refractivity contribution in [2.45, 2.75) is 6.42 Å². The number of rotatable bonds is 5. The Morgan fingerprint density at radius 1 is 0.964 bits per heavy atom. The first-order valence-electron chi connectivity index (χ1n) is 8.19. The highest BCUT2D eigenvalue weighted by Gasteiger charge is 2.27. The van der Waals surface area contributed by atoms with Gasteiger partial charge in [-0.1, -0.05) is 42.5 Å². The fourth-order valence-corrected chi connectivity index (χ4v) is 3.59. The molecule has 7 heteroatoms. The van der Waals surface area contributed by atoms with Crippen LogP contribution in [-0.2, 0) is 11.2 Å². The zero-order chi connectivity index (χ0) is 20.3. The van der Waals surface area contributed by atoms with E-state index in [1.807, 2.05) is 6.07 Å². The molecule has 0 saturated carbocycles. The summed E-state index contributed by atoms with van der Waals surface area (Å²) in [5.74, 6) is -6.62. The number of halogens is 4. The highest BCUT2D eigenvalue weighted by Crippen LogP contribution is 2.36. The lowest BCUT2D eigenvalue weighted by Crippen LogP contribution is -2.05. The van der Waals surface area contributed by atoms with Crippen molar-refractivity contribution >= 4 is 23.4 Å². The van der Waals surface area contributed by atoms with E-state index in [1.54, 1.807) is 30.3 Å². The number of carbonyl (C=O) groups is 1. The Labute approximate surface area is 162 Å². The van der Waals surface area contributed by atoms with Gasteiger partial charge in [0.15, 0.2) is 23.3 Å². The van der Waals surface area contributed by atoms with Gasteiger partial charge >= 0.3 is 5.97 Å². The summed E-state index contributed by atoms with van der Waals surface area (Å²) in [4.78, 5) is 11.4. The fraction of sp³-hybridized carbons (Fsp3) is 0.0952.